The molecule has 3 aliphatic rings. The molecule has 1 N–H and O–H groups in total. The Hall–Kier alpha value is -2.97. The largest absolute Gasteiger partial charge is 0.379 e. The minimum atomic E-state index is 0.0433. The zero-order valence-corrected chi connectivity index (χ0v) is 23.3. The number of morpholine rings is 1. The standard InChI is InChI=1S/C31H42N6O2/c1-23-21-29(38)37(27-6-2-3-7-27)30-28(23)22-32-31(34-30)33-25-8-10-26(11-9-25)36-15-12-24(13-16-36)5-4-14-35-17-19-39-20-18-35/h8-11,21-22,24,27H,2-7,12-20H2,1H3,(H,32,33,34). The number of rotatable bonds is 8. The maximum absolute atomic E-state index is 12.9. The van der Waals surface area contributed by atoms with Crippen molar-refractivity contribution in [1.29, 1.82) is 0 Å². The molecule has 0 unspecified atom stereocenters. The number of anilines is 3. The molecule has 3 fully saturated rings. The molecule has 0 spiro atoms. The van der Waals surface area contributed by atoms with Crippen molar-refractivity contribution in [2.75, 3.05) is 56.2 Å². The highest BCUT2D eigenvalue weighted by atomic mass is 16.5. The summed E-state index contributed by atoms with van der Waals surface area (Å²) in [6, 6.07) is 10.6. The van der Waals surface area contributed by atoms with Gasteiger partial charge in [-0.05, 0) is 87.7 Å². The zero-order chi connectivity index (χ0) is 26.6. The molecule has 8 heteroatoms. The van der Waals surface area contributed by atoms with Crippen LogP contribution in [0.3, 0.4) is 0 Å². The third kappa shape index (κ3) is 6.12. The molecule has 0 radical (unpaired) electrons. The second-order valence-corrected chi connectivity index (χ2v) is 11.6. The topological polar surface area (TPSA) is 75.5 Å². The molecule has 0 amide bonds. The molecule has 1 saturated carbocycles. The van der Waals surface area contributed by atoms with Crippen LogP contribution in [-0.2, 0) is 4.74 Å². The van der Waals surface area contributed by atoms with Crippen LogP contribution in [0.1, 0.15) is 63.0 Å². The fourth-order valence-corrected chi connectivity index (χ4v) is 6.64. The lowest BCUT2D eigenvalue weighted by Crippen LogP contribution is -2.37. The first-order chi connectivity index (χ1) is 19.1. The lowest BCUT2D eigenvalue weighted by molar-refractivity contribution is 0.0365. The van der Waals surface area contributed by atoms with E-state index in [0.29, 0.717) is 5.95 Å². The van der Waals surface area contributed by atoms with Crippen LogP contribution in [0.15, 0.2) is 41.3 Å². The molecule has 4 heterocycles. The monoisotopic (exact) mass is 530 g/mol. The van der Waals surface area contributed by atoms with Crippen LogP contribution in [0, 0.1) is 12.8 Å². The van der Waals surface area contributed by atoms with Crippen molar-refractivity contribution in [1.82, 2.24) is 19.4 Å². The minimum Gasteiger partial charge on any atom is -0.379 e. The summed E-state index contributed by atoms with van der Waals surface area (Å²) in [5.74, 6) is 1.38. The normalized spacial score (nSPS) is 19.7. The molecule has 39 heavy (non-hydrogen) atoms. The lowest BCUT2D eigenvalue weighted by atomic mass is 9.92. The summed E-state index contributed by atoms with van der Waals surface area (Å²) < 4.78 is 7.36. The number of nitrogens with one attached hydrogen (secondary N) is 1. The summed E-state index contributed by atoms with van der Waals surface area (Å²) in [5, 5.41) is 4.32. The van der Waals surface area contributed by atoms with Crippen molar-refractivity contribution in [2.45, 2.75) is 64.3 Å². The molecule has 8 nitrogen and oxygen atoms in total. The second kappa shape index (κ2) is 12.0. The van der Waals surface area contributed by atoms with Gasteiger partial charge < -0.3 is 15.0 Å². The van der Waals surface area contributed by atoms with E-state index in [1.54, 1.807) is 6.07 Å². The van der Waals surface area contributed by atoms with Crippen molar-refractivity contribution < 1.29 is 4.74 Å². The van der Waals surface area contributed by atoms with Crippen LogP contribution >= 0.6 is 0 Å². The number of hydrogen-bond donors (Lipinski definition) is 1. The predicted molar refractivity (Wildman–Crippen MR) is 157 cm³/mol. The van der Waals surface area contributed by atoms with Gasteiger partial charge in [-0.3, -0.25) is 14.3 Å². The molecule has 2 aromatic heterocycles. The minimum absolute atomic E-state index is 0.0433. The van der Waals surface area contributed by atoms with Gasteiger partial charge in [-0.2, -0.15) is 4.98 Å². The van der Waals surface area contributed by atoms with Gasteiger partial charge in [-0.15, -0.1) is 0 Å². The van der Waals surface area contributed by atoms with E-state index in [9.17, 15) is 4.79 Å². The fraction of sp³-hybridized carbons (Fsp3) is 0.581. The van der Waals surface area contributed by atoms with Crippen molar-refractivity contribution in [3.8, 4) is 0 Å². The third-order valence-electron chi connectivity index (χ3n) is 8.98. The number of nitrogens with zero attached hydrogens (tertiary/aromatic N) is 5. The van der Waals surface area contributed by atoms with Gasteiger partial charge in [-0.25, -0.2) is 4.98 Å². The van der Waals surface area contributed by atoms with E-state index in [1.165, 1.54) is 50.8 Å². The number of aromatic nitrogens is 3. The Bertz CT molecular complexity index is 1300. The quantitative estimate of drug-likeness (QED) is 0.424. The van der Waals surface area contributed by atoms with Crippen molar-refractivity contribution in [3.05, 3.63) is 52.4 Å². The predicted octanol–water partition coefficient (Wildman–Crippen LogP) is 5.29. The number of pyridine rings is 1. The van der Waals surface area contributed by atoms with Gasteiger partial charge in [0.2, 0.25) is 5.95 Å². The number of ether oxygens (including phenoxy) is 1. The molecule has 1 aliphatic carbocycles. The highest BCUT2D eigenvalue weighted by Crippen LogP contribution is 2.31. The Kier molecular flexibility index (Phi) is 8.11. The van der Waals surface area contributed by atoms with Crippen LogP contribution in [0.5, 0.6) is 0 Å². The molecule has 3 aromatic rings. The maximum Gasteiger partial charge on any atom is 0.252 e. The number of benzene rings is 1. The van der Waals surface area contributed by atoms with Gasteiger partial charge in [0.25, 0.3) is 5.56 Å². The average Bonchev–Trinajstić information content (AvgIpc) is 3.49. The Morgan fingerprint density at radius 1 is 1.00 bits per heavy atom. The number of fused-ring (bicyclic) bond motifs is 1. The Morgan fingerprint density at radius 2 is 1.74 bits per heavy atom. The Morgan fingerprint density at radius 3 is 2.49 bits per heavy atom. The number of piperidine rings is 1. The third-order valence-corrected chi connectivity index (χ3v) is 8.98. The molecule has 208 valence electrons. The van der Waals surface area contributed by atoms with E-state index in [-0.39, 0.29) is 11.6 Å². The maximum atomic E-state index is 12.9. The summed E-state index contributed by atoms with van der Waals surface area (Å²) in [4.78, 5) is 27.4. The molecule has 2 saturated heterocycles. The zero-order valence-electron chi connectivity index (χ0n) is 23.3. The molecule has 2 aliphatic heterocycles. The molecule has 0 atom stereocenters. The van der Waals surface area contributed by atoms with E-state index >= 15 is 0 Å². The molecule has 6 rings (SSSR count). The van der Waals surface area contributed by atoms with E-state index in [2.05, 4.69) is 44.4 Å². The number of hydrogen-bond acceptors (Lipinski definition) is 7. The van der Waals surface area contributed by atoms with Crippen LogP contribution in [0.2, 0.25) is 0 Å². The lowest BCUT2D eigenvalue weighted by Gasteiger charge is -2.34. The highest BCUT2D eigenvalue weighted by molar-refractivity contribution is 5.79. The molecule has 1 aromatic carbocycles. The van der Waals surface area contributed by atoms with Crippen LogP contribution in [0.4, 0.5) is 17.3 Å². The fourth-order valence-electron chi connectivity index (χ4n) is 6.64. The van der Waals surface area contributed by atoms with Gasteiger partial charge in [0.1, 0.15) is 5.65 Å². The highest BCUT2D eigenvalue weighted by Gasteiger charge is 2.22. The molecule has 0 bridgehead atoms. The number of aryl methyl sites for hydroxylation is 1. The molecular formula is C31H42N6O2. The van der Waals surface area contributed by atoms with Crippen molar-refractivity contribution in [2.24, 2.45) is 5.92 Å². The first kappa shape index (κ1) is 26.3. The van der Waals surface area contributed by atoms with Crippen LogP contribution < -0.4 is 15.8 Å². The van der Waals surface area contributed by atoms with E-state index in [0.717, 1.165) is 80.4 Å². The van der Waals surface area contributed by atoms with E-state index in [4.69, 9.17) is 9.72 Å². The Balaban J connectivity index is 1.06. The second-order valence-electron chi connectivity index (χ2n) is 11.6. The summed E-state index contributed by atoms with van der Waals surface area (Å²) in [6.07, 6.45) is 11.5. The van der Waals surface area contributed by atoms with E-state index < -0.39 is 0 Å². The van der Waals surface area contributed by atoms with Crippen molar-refractivity contribution in [3.63, 3.8) is 0 Å². The van der Waals surface area contributed by atoms with Crippen LogP contribution in [0.25, 0.3) is 11.0 Å². The molecular weight excluding hydrogens is 488 g/mol. The van der Waals surface area contributed by atoms with Gasteiger partial charge in [0.05, 0.1) is 13.2 Å². The van der Waals surface area contributed by atoms with Gasteiger partial charge >= 0.3 is 0 Å². The summed E-state index contributed by atoms with van der Waals surface area (Å²) in [7, 11) is 0. The summed E-state index contributed by atoms with van der Waals surface area (Å²) >= 11 is 0. The van der Waals surface area contributed by atoms with Gasteiger partial charge in [0.15, 0.2) is 0 Å². The summed E-state index contributed by atoms with van der Waals surface area (Å²) in [5.41, 5.74) is 3.95. The van der Waals surface area contributed by atoms with Gasteiger partial charge in [0, 0.05) is 61.2 Å². The van der Waals surface area contributed by atoms with Crippen molar-refractivity contribution >= 4 is 28.4 Å². The summed E-state index contributed by atoms with van der Waals surface area (Å²) in [6.45, 7) is 9.41. The first-order valence-electron chi connectivity index (χ1n) is 14.9. The van der Waals surface area contributed by atoms with Crippen LogP contribution in [-0.4, -0.2) is 65.4 Å². The smallest absolute Gasteiger partial charge is 0.252 e. The first-order valence-corrected chi connectivity index (χ1v) is 14.9. The average molecular weight is 531 g/mol. The van der Waals surface area contributed by atoms with Gasteiger partial charge in [-0.1, -0.05) is 12.8 Å². The van der Waals surface area contributed by atoms with E-state index in [1.807, 2.05) is 17.7 Å². The SMILES string of the molecule is Cc1cc(=O)n(C2CCCC2)c2nc(Nc3ccc(N4CCC(CCCN5CCOCC5)CC4)cc3)ncc12. The Labute approximate surface area is 231 Å².